The second-order valence-corrected chi connectivity index (χ2v) is 7.96. The summed E-state index contributed by atoms with van der Waals surface area (Å²) >= 11 is 0. The van der Waals surface area contributed by atoms with E-state index in [2.05, 4.69) is 17.6 Å². The number of rotatable bonds is 4. The molecular formula is C15H23ClN2O3S. The average molecular weight is 347 g/mol. The SMILES string of the molecule is CC1CCNCC1NC(=O)c1ccc(CS(C)(=O)=O)cc1.Cl. The van der Waals surface area contributed by atoms with Gasteiger partial charge in [0.25, 0.3) is 5.91 Å². The van der Waals surface area contributed by atoms with E-state index in [1.54, 1.807) is 24.3 Å². The van der Waals surface area contributed by atoms with Crippen LogP contribution in [0, 0.1) is 5.92 Å². The van der Waals surface area contributed by atoms with Crippen molar-refractivity contribution >= 4 is 28.2 Å². The molecule has 0 spiro atoms. The lowest BCUT2D eigenvalue weighted by atomic mass is 9.94. The van der Waals surface area contributed by atoms with Crippen molar-refractivity contribution in [3.8, 4) is 0 Å². The lowest BCUT2D eigenvalue weighted by Gasteiger charge is -2.30. The maximum Gasteiger partial charge on any atom is 0.251 e. The Kier molecular flexibility index (Phi) is 6.84. The van der Waals surface area contributed by atoms with Gasteiger partial charge in [-0.3, -0.25) is 4.79 Å². The van der Waals surface area contributed by atoms with Crippen molar-refractivity contribution in [1.29, 1.82) is 0 Å². The van der Waals surface area contributed by atoms with Gasteiger partial charge in [-0.15, -0.1) is 12.4 Å². The third kappa shape index (κ3) is 5.59. The van der Waals surface area contributed by atoms with E-state index in [1.807, 2.05) is 0 Å². The highest BCUT2D eigenvalue weighted by molar-refractivity contribution is 7.89. The van der Waals surface area contributed by atoms with E-state index < -0.39 is 9.84 Å². The minimum atomic E-state index is -3.05. The van der Waals surface area contributed by atoms with Gasteiger partial charge in [0, 0.05) is 24.4 Å². The van der Waals surface area contributed by atoms with E-state index in [4.69, 9.17) is 0 Å². The molecule has 124 valence electrons. The molecule has 1 saturated heterocycles. The summed E-state index contributed by atoms with van der Waals surface area (Å²) in [6.45, 7) is 3.92. The number of benzene rings is 1. The summed E-state index contributed by atoms with van der Waals surface area (Å²) in [6.07, 6.45) is 2.25. The molecule has 1 heterocycles. The van der Waals surface area contributed by atoms with E-state index in [0.29, 0.717) is 17.0 Å². The fourth-order valence-corrected chi connectivity index (χ4v) is 3.29. The van der Waals surface area contributed by atoms with E-state index in [-0.39, 0.29) is 30.1 Å². The zero-order chi connectivity index (χ0) is 15.5. The Labute approximate surface area is 138 Å². The van der Waals surface area contributed by atoms with Crippen LogP contribution in [0.15, 0.2) is 24.3 Å². The highest BCUT2D eigenvalue weighted by atomic mass is 35.5. The van der Waals surface area contributed by atoms with Gasteiger partial charge in [-0.2, -0.15) is 0 Å². The number of nitrogens with one attached hydrogen (secondary N) is 2. The van der Waals surface area contributed by atoms with Crippen LogP contribution in [-0.4, -0.2) is 39.7 Å². The zero-order valence-electron chi connectivity index (χ0n) is 12.8. The first-order valence-electron chi connectivity index (χ1n) is 7.13. The summed E-state index contributed by atoms with van der Waals surface area (Å²) in [5, 5.41) is 6.31. The summed E-state index contributed by atoms with van der Waals surface area (Å²) in [4.78, 5) is 12.2. The number of sulfone groups is 1. The minimum Gasteiger partial charge on any atom is -0.348 e. The Hall–Kier alpha value is -1.11. The number of hydrogen-bond donors (Lipinski definition) is 2. The molecule has 0 radical (unpaired) electrons. The predicted molar refractivity (Wildman–Crippen MR) is 90.1 cm³/mol. The summed E-state index contributed by atoms with van der Waals surface area (Å²) in [5.41, 5.74) is 1.26. The van der Waals surface area contributed by atoms with Crippen molar-refractivity contribution in [2.24, 2.45) is 5.92 Å². The fourth-order valence-electron chi connectivity index (χ4n) is 2.49. The Morgan fingerprint density at radius 1 is 1.32 bits per heavy atom. The average Bonchev–Trinajstić information content (AvgIpc) is 2.40. The normalized spacial score (nSPS) is 21.7. The molecule has 1 aliphatic rings. The Morgan fingerprint density at radius 3 is 2.50 bits per heavy atom. The number of amides is 1. The van der Waals surface area contributed by atoms with E-state index >= 15 is 0 Å². The van der Waals surface area contributed by atoms with Crippen LogP contribution in [0.1, 0.15) is 29.3 Å². The number of hydrogen-bond acceptors (Lipinski definition) is 4. The van der Waals surface area contributed by atoms with Crippen molar-refractivity contribution < 1.29 is 13.2 Å². The van der Waals surface area contributed by atoms with Crippen molar-refractivity contribution in [3.63, 3.8) is 0 Å². The quantitative estimate of drug-likeness (QED) is 0.863. The molecule has 2 rings (SSSR count). The maximum atomic E-state index is 12.2. The number of piperidine rings is 1. The maximum absolute atomic E-state index is 12.2. The van der Waals surface area contributed by atoms with Crippen LogP contribution in [-0.2, 0) is 15.6 Å². The van der Waals surface area contributed by atoms with Crippen LogP contribution in [0.2, 0.25) is 0 Å². The molecule has 1 amide bonds. The van der Waals surface area contributed by atoms with E-state index in [1.165, 1.54) is 6.26 Å². The van der Waals surface area contributed by atoms with Crippen LogP contribution in [0.5, 0.6) is 0 Å². The molecule has 1 aromatic rings. The van der Waals surface area contributed by atoms with Crippen LogP contribution in [0.4, 0.5) is 0 Å². The minimum absolute atomic E-state index is 0. The van der Waals surface area contributed by atoms with Crippen molar-refractivity contribution in [2.75, 3.05) is 19.3 Å². The zero-order valence-corrected chi connectivity index (χ0v) is 14.5. The van der Waals surface area contributed by atoms with Crippen LogP contribution < -0.4 is 10.6 Å². The number of halogens is 1. The molecule has 2 atom stereocenters. The number of carbonyl (C=O) groups is 1. The van der Waals surface area contributed by atoms with Crippen LogP contribution >= 0.6 is 12.4 Å². The summed E-state index contributed by atoms with van der Waals surface area (Å²) in [7, 11) is -3.05. The summed E-state index contributed by atoms with van der Waals surface area (Å²) in [6, 6.07) is 6.88. The van der Waals surface area contributed by atoms with Gasteiger partial charge in [-0.1, -0.05) is 19.1 Å². The topological polar surface area (TPSA) is 75.3 Å². The van der Waals surface area contributed by atoms with Crippen LogP contribution in [0.25, 0.3) is 0 Å². The van der Waals surface area contributed by atoms with Gasteiger partial charge in [-0.25, -0.2) is 8.42 Å². The first kappa shape index (κ1) is 18.9. The standard InChI is InChI=1S/C15H22N2O3S.ClH/c1-11-7-8-16-9-14(11)17-15(18)13-5-3-12(4-6-13)10-21(2,19)20;/h3-6,11,14,16H,7-10H2,1-2H3,(H,17,18);1H. The van der Waals surface area contributed by atoms with Gasteiger partial charge in [0.2, 0.25) is 0 Å². The molecule has 7 heteroatoms. The van der Waals surface area contributed by atoms with E-state index in [9.17, 15) is 13.2 Å². The summed E-state index contributed by atoms with van der Waals surface area (Å²) in [5.74, 6) is 0.347. The third-order valence-corrected chi connectivity index (χ3v) is 4.65. The molecule has 0 aromatic heterocycles. The Morgan fingerprint density at radius 2 is 1.95 bits per heavy atom. The number of carbonyl (C=O) groups excluding carboxylic acids is 1. The van der Waals surface area contributed by atoms with Gasteiger partial charge in [0.1, 0.15) is 0 Å². The molecule has 2 unspecified atom stereocenters. The van der Waals surface area contributed by atoms with Crippen molar-refractivity contribution in [1.82, 2.24) is 10.6 Å². The Balaban J connectivity index is 0.00000242. The predicted octanol–water partition coefficient (Wildman–Crippen LogP) is 1.38. The molecule has 1 aliphatic heterocycles. The molecule has 0 aliphatic carbocycles. The second-order valence-electron chi connectivity index (χ2n) is 5.82. The first-order valence-corrected chi connectivity index (χ1v) is 9.19. The smallest absolute Gasteiger partial charge is 0.251 e. The lowest BCUT2D eigenvalue weighted by Crippen LogP contribution is -2.50. The van der Waals surface area contributed by atoms with Gasteiger partial charge in [0.05, 0.1) is 5.75 Å². The van der Waals surface area contributed by atoms with Crippen molar-refractivity contribution in [2.45, 2.75) is 25.1 Å². The molecule has 0 bridgehead atoms. The molecule has 1 fully saturated rings. The van der Waals surface area contributed by atoms with Gasteiger partial charge >= 0.3 is 0 Å². The van der Waals surface area contributed by atoms with Gasteiger partial charge in [0.15, 0.2) is 9.84 Å². The molecular weight excluding hydrogens is 324 g/mol. The monoisotopic (exact) mass is 346 g/mol. The van der Waals surface area contributed by atoms with Crippen molar-refractivity contribution in [3.05, 3.63) is 35.4 Å². The third-order valence-electron chi connectivity index (χ3n) is 3.79. The molecule has 1 aromatic carbocycles. The molecule has 22 heavy (non-hydrogen) atoms. The molecule has 2 N–H and O–H groups in total. The Bertz CT molecular complexity index is 602. The molecule has 5 nitrogen and oxygen atoms in total. The highest BCUT2D eigenvalue weighted by Gasteiger charge is 2.22. The van der Waals surface area contributed by atoms with Gasteiger partial charge < -0.3 is 10.6 Å². The van der Waals surface area contributed by atoms with Gasteiger partial charge in [-0.05, 0) is 36.6 Å². The second kappa shape index (κ2) is 7.94. The largest absolute Gasteiger partial charge is 0.348 e. The highest BCUT2D eigenvalue weighted by Crippen LogP contribution is 2.13. The fraction of sp³-hybridized carbons (Fsp3) is 0.533. The molecule has 0 saturated carbocycles. The van der Waals surface area contributed by atoms with E-state index in [0.717, 1.165) is 19.5 Å². The first-order chi connectivity index (χ1) is 9.85. The summed E-state index contributed by atoms with van der Waals surface area (Å²) < 4.78 is 22.5. The lowest BCUT2D eigenvalue weighted by molar-refractivity contribution is 0.0915. The van der Waals surface area contributed by atoms with Crippen LogP contribution in [0.3, 0.4) is 0 Å².